The van der Waals surface area contributed by atoms with Crippen molar-refractivity contribution in [2.75, 3.05) is 7.05 Å². The summed E-state index contributed by atoms with van der Waals surface area (Å²) in [5, 5.41) is 3.00. The van der Waals surface area contributed by atoms with Gasteiger partial charge in [-0.3, -0.25) is 0 Å². The van der Waals surface area contributed by atoms with Gasteiger partial charge in [0.25, 0.3) is 0 Å². The predicted octanol–water partition coefficient (Wildman–Crippen LogP) is 3.89. The maximum absolute atomic E-state index is 13.9. The Labute approximate surface area is 112 Å². The number of nitrogens with one attached hydrogen (secondary N) is 1. The van der Waals surface area contributed by atoms with Crippen LogP contribution in [0.2, 0.25) is 0 Å². The molecule has 2 aromatic rings. The van der Waals surface area contributed by atoms with E-state index in [9.17, 15) is 8.78 Å². The topological polar surface area (TPSA) is 12.0 Å². The van der Waals surface area contributed by atoms with E-state index in [1.54, 1.807) is 7.05 Å². The van der Waals surface area contributed by atoms with Gasteiger partial charge in [-0.25, -0.2) is 8.78 Å². The van der Waals surface area contributed by atoms with Gasteiger partial charge in [-0.15, -0.1) is 0 Å². The summed E-state index contributed by atoms with van der Waals surface area (Å²) in [5.41, 5.74) is 3.04. The van der Waals surface area contributed by atoms with Crippen molar-refractivity contribution in [2.45, 2.75) is 19.9 Å². The molecule has 19 heavy (non-hydrogen) atoms. The fourth-order valence-corrected chi connectivity index (χ4v) is 2.31. The van der Waals surface area contributed by atoms with E-state index in [1.807, 2.05) is 32.0 Å². The molecule has 0 spiro atoms. The highest BCUT2D eigenvalue weighted by molar-refractivity contribution is 5.40. The van der Waals surface area contributed by atoms with Crippen LogP contribution < -0.4 is 5.32 Å². The molecule has 0 radical (unpaired) electrons. The molecule has 1 atom stereocenters. The maximum Gasteiger partial charge on any atom is 0.131 e. The van der Waals surface area contributed by atoms with Crippen LogP contribution in [0.5, 0.6) is 0 Å². The zero-order chi connectivity index (χ0) is 14.0. The van der Waals surface area contributed by atoms with E-state index < -0.39 is 17.7 Å². The Morgan fingerprint density at radius 2 is 1.63 bits per heavy atom. The number of aryl methyl sites for hydroxylation is 2. The van der Waals surface area contributed by atoms with Crippen LogP contribution in [0.4, 0.5) is 8.78 Å². The maximum atomic E-state index is 13.9. The van der Waals surface area contributed by atoms with E-state index >= 15 is 0 Å². The van der Waals surface area contributed by atoms with Crippen LogP contribution in [0, 0.1) is 25.5 Å². The molecule has 2 aromatic carbocycles. The Morgan fingerprint density at radius 3 is 2.21 bits per heavy atom. The monoisotopic (exact) mass is 261 g/mol. The lowest BCUT2D eigenvalue weighted by molar-refractivity contribution is 0.521. The third kappa shape index (κ3) is 2.66. The summed E-state index contributed by atoms with van der Waals surface area (Å²) >= 11 is 0. The van der Waals surface area contributed by atoms with Crippen molar-refractivity contribution in [1.29, 1.82) is 0 Å². The third-order valence-corrected chi connectivity index (χ3v) is 3.32. The summed E-state index contributed by atoms with van der Waals surface area (Å²) in [6.45, 7) is 3.91. The summed E-state index contributed by atoms with van der Waals surface area (Å²) in [4.78, 5) is 0. The molecule has 0 fully saturated rings. The normalized spacial score (nSPS) is 12.5. The fraction of sp³-hybridized carbons (Fsp3) is 0.250. The highest BCUT2D eigenvalue weighted by atomic mass is 19.1. The van der Waals surface area contributed by atoms with E-state index in [0.29, 0.717) is 0 Å². The average molecular weight is 261 g/mol. The minimum Gasteiger partial charge on any atom is -0.309 e. The Kier molecular flexibility index (Phi) is 3.96. The largest absolute Gasteiger partial charge is 0.309 e. The second-order valence-corrected chi connectivity index (χ2v) is 4.72. The van der Waals surface area contributed by atoms with Gasteiger partial charge in [0, 0.05) is 5.56 Å². The van der Waals surface area contributed by atoms with Crippen molar-refractivity contribution in [3.63, 3.8) is 0 Å². The number of rotatable bonds is 3. The standard InChI is InChI=1S/C16H17F2N/c1-10-7-8-11(2)12(9-10)16(19-3)15-13(17)5-4-6-14(15)18/h4-9,16,19H,1-3H3. The van der Waals surface area contributed by atoms with Crippen molar-refractivity contribution in [1.82, 2.24) is 5.32 Å². The van der Waals surface area contributed by atoms with Gasteiger partial charge in [0.1, 0.15) is 11.6 Å². The first-order chi connectivity index (χ1) is 9.04. The van der Waals surface area contributed by atoms with Crippen molar-refractivity contribution in [3.8, 4) is 0 Å². The van der Waals surface area contributed by atoms with E-state index in [2.05, 4.69) is 5.32 Å². The number of halogens is 2. The van der Waals surface area contributed by atoms with E-state index in [0.717, 1.165) is 16.7 Å². The lowest BCUT2D eigenvalue weighted by atomic mass is 9.93. The Balaban J connectivity index is 2.59. The molecular weight excluding hydrogens is 244 g/mol. The van der Waals surface area contributed by atoms with Gasteiger partial charge >= 0.3 is 0 Å². The number of hydrogen-bond donors (Lipinski definition) is 1. The van der Waals surface area contributed by atoms with Gasteiger partial charge in [-0.05, 0) is 44.2 Å². The van der Waals surface area contributed by atoms with E-state index in [1.165, 1.54) is 18.2 Å². The smallest absolute Gasteiger partial charge is 0.131 e. The molecule has 0 aliphatic rings. The van der Waals surface area contributed by atoms with Crippen LogP contribution in [0.3, 0.4) is 0 Å². The summed E-state index contributed by atoms with van der Waals surface area (Å²) < 4.78 is 27.9. The van der Waals surface area contributed by atoms with Crippen LogP contribution in [0.15, 0.2) is 36.4 Å². The van der Waals surface area contributed by atoms with Crippen molar-refractivity contribution >= 4 is 0 Å². The molecule has 2 rings (SSSR count). The van der Waals surface area contributed by atoms with Crippen LogP contribution >= 0.6 is 0 Å². The van der Waals surface area contributed by atoms with Gasteiger partial charge in [0.2, 0.25) is 0 Å². The van der Waals surface area contributed by atoms with Gasteiger partial charge in [0.15, 0.2) is 0 Å². The van der Waals surface area contributed by atoms with Crippen molar-refractivity contribution in [2.24, 2.45) is 0 Å². The summed E-state index contributed by atoms with van der Waals surface area (Å²) in [5.74, 6) is -1.06. The molecule has 1 nitrogen and oxygen atoms in total. The molecule has 100 valence electrons. The van der Waals surface area contributed by atoms with Crippen molar-refractivity contribution < 1.29 is 8.78 Å². The molecule has 1 unspecified atom stereocenters. The lowest BCUT2D eigenvalue weighted by Crippen LogP contribution is -2.21. The molecule has 1 N–H and O–H groups in total. The molecule has 0 saturated heterocycles. The van der Waals surface area contributed by atoms with Gasteiger partial charge in [0.05, 0.1) is 6.04 Å². The van der Waals surface area contributed by atoms with E-state index in [4.69, 9.17) is 0 Å². The Morgan fingerprint density at radius 1 is 1.00 bits per heavy atom. The summed E-state index contributed by atoms with van der Waals surface area (Å²) in [6, 6.07) is 9.38. The van der Waals surface area contributed by atoms with Gasteiger partial charge in [-0.1, -0.05) is 29.8 Å². The Bertz CT molecular complexity index is 573. The van der Waals surface area contributed by atoms with Gasteiger partial charge in [-0.2, -0.15) is 0 Å². The molecular formula is C16H17F2N. The second kappa shape index (κ2) is 5.49. The molecule has 0 saturated carbocycles. The van der Waals surface area contributed by atoms with Crippen LogP contribution in [-0.2, 0) is 0 Å². The predicted molar refractivity (Wildman–Crippen MR) is 73.2 cm³/mol. The van der Waals surface area contributed by atoms with Crippen LogP contribution in [0.1, 0.15) is 28.3 Å². The summed E-state index contributed by atoms with van der Waals surface area (Å²) in [7, 11) is 1.71. The second-order valence-electron chi connectivity index (χ2n) is 4.72. The highest BCUT2D eigenvalue weighted by Crippen LogP contribution is 2.29. The minimum absolute atomic E-state index is 0.0682. The zero-order valence-electron chi connectivity index (χ0n) is 11.3. The molecule has 0 aliphatic carbocycles. The number of benzene rings is 2. The SMILES string of the molecule is CNC(c1cc(C)ccc1C)c1c(F)cccc1F. The van der Waals surface area contributed by atoms with Crippen LogP contribution in [-0.4, -0.2) is 7.05 Å². The van der Waals surface area contributed by atoms with Crippen LogP contribution in [0.25, 0.3) is 0 Å². The zero-order valence-corrected chi connectivity index (χ0v) is 11.3. The first kappa shape index (κ1) is 13.7. The van der Waals surface area contributed by atoms with E-state index in [-0.39, 0.29) is 5.56 Å². The lowest BCUT2D eigenvalue weighted by Gasteiger charge is -2.21. The Hall–Kier alpha value is -1.74. The molecule has 0 amide bonds. The first-order valence-corrected chi connectivity index (χ1v) is 6.23. The third-order valence-electron chi connectivity index (χ3n) is 3.32. The molecule has 0 heterocycles. The molecule has 3 heteroatoms. The minimum atomic E-state index is -0.528. The van der Waals surface area contributed by atoms with Gasteiger partial charge < -0.3 is 5.32 Å². The fourth-order valence-electron chi connectivity index (χ4n) is 2.31. The summed E-state index contributed by atoms with van der Waals surface area (Å²) in [6.07, 6.45) is 0. The molecule has 0 bridgehead atoms. The first-order valence-electron chi connectivity index (χ1n) is 6.23. The average Bonchev–Trinajstić information content (AvgIpc) is 2.37. The quantitative estimate of drug-likeness (QED) is 0.883. The molecule has 0 aromatic heterocycles. The number of hydrogen-bond acceptors (Lipinski definition) is 1. The highest BCUT2D eigenvalue weighted by Gasteiger charge is 2.21. The molecule has 0 aliphatic heterocycles. The van der Waals surface area contributed by atoms with Crippen molar-refractivity contribution in [3.05, 3.63) is 70.3 Å².